The summed E-state index contributed by atoms with van der Waals surface area (Å²) in [7, 11) is 0. The molecule has 0 unspecified atom stereocenters. The third kappa shape index (κ3) is 4.92. The van der Waals surface area contributed by atoms with Crippen LogP contribution in [0.15, 0.2) is 42.5 Å². The summed E-state index contributed by atoms with van der Waals surface area (Å²) in [6, 6.07) is 11.0. The highest BCUT2D eigenvalue weighted by molar-refractivity contribution is 6.96. The summed E-state index contributed by atoms with van der Waals surface area (Å²) in [4.78, 5) is 1.92. The lowest BCUT2D eigenvalue weighted by atomic mass is 9.35. The number of benzene rings is 4. The minimum Gasteiger partial charge on any atom is -0.362 e. The molecule has 0 aromatic heterocycles. The largest absolute Gasteiger partial charge is 0.362 e. The van der Waals surface area contributed by atoms with E-state index < -0.39 is 86.8 Å². The van der Waals surface area contributed by atoms with Crippen molar-refractivity contribution in [2.75, 3.05) is 4.90 Å². The van der Waals surface area contributed by atoms with Gasteiger partial charge in [-0.1, -0.05) is 48.8 Å². The van der Waals surface area contributed by atoms with Gasteiger partial charge in [-0.2, -0.15) is 0 Å². The van der Waals surface area contributed by atoms with Gasteiger partial charge in [0.1, 0.15) is 0 Å². The molecule has 0 spiro atoms. The highest BCUT2D eigenvalue weighted by Crippen LogP contribution is 2.44. The van der Waals surface area contributed by atoms with Crippen LogP contribution in [0.25, 0.3) is 0 Å². The second-order valence-corrected chi connectivity index (χ2v) is 11.7. The molecule has 230 valence electrons. The number of rotatable bonds is 5. The molecule has 4 aromatic rings. The molecular formula is C32H24BF10N. The molecule has 1 heterocycles. The minimum absolute atomic E-state index is 0.0838. The van der Waals surface area contributed by atoms with Crippen LogP contribution in [0.3, 0.4) is 0 Å². The average Bonchev–Trinajstić information content (AvgIpc) is 2.98. The molecule has 0 saturated heterocycles. The molecule has 12 heteroatoms. The fraction of sp³-hybridized carbons (Fsp3) is 0.250. The lowest BCUT2D eigenvalue weighted by Gasteiger charge is -2.48. The Balaban J connectivity index is 1.83. The van der Waals surface area contributed by atoms with Gasteiger partial charge in [0.2, 0.25) is 0 Å². The van der Waals surface area contributed by atoms with Crippen LogP contribution in [0.2, 0.25) is 0 Å². The van der Waals surface area contributed by atoms with Gasteiger partial charge in [-0.25, -0.2) is 43.9 Å². The molecule has 0 N–H and O–H groups in total. The zero-order valence-corrected chi connectivity index (χ0v) is 23.8. The van der Waals surface area contributed by atoms with Gasteiger partial charge in [0, 0.05) is 28.7 Å². The summed E-state index contributed by atoms with van der Waals surface area (Å²) in [5.41, 5.74) is -1.83. The van der Waals surface area contributed by atoms with Crippen molar-refractivity contribution in [2.45, 2.75) is 52.1 Å². The number of halogens is 10. The predicted molar refractivity (Wildman–Crippen MR) is 148 cm³/mol. The number of hydrogen-bond donors (Lipinski definition) is 0. The molecule has 1 atom stereocenters. The maximum Gasteiger partial charge on any atom is 0.257 e. The van der Waals surface area contributed by atoms with Gasteiger partial charge in [-0.3, -0.25) is 0 Å². The Labute approximate surface area is 247 Å². The Hall–Kier alpha value is -3.96. The third-order valence-corrected chi connectivity index (χ3v) is 8.30. The number of anilines is 1. The molecule has 0 aliphatic carbocycles. The Morgan fingerprint density at radius 2 is 1.14 bits per heavy atom. The van der Waals surface area contributed by atoms with Gasteiger partial charge in [-0.05, 0) is 55.9 Å². The molecule has 1 aliphatic rings. The average molecular weight is 623 g/mol. The van der Waals surface area contributed by atoms with Gasteiger partial charge < -0.3 is 4.90 Å². The molecule has 5 rings (SSSR count). The fourth-order valence-electron chi connectivity index (χ4n) is 6.24. The summed E-state index contributed by atoms with van der Waals surface area (Å²) in [5, 5.41) is 0. The van der Waals surface area contributed by atoms with Crippen molar-refractivity contribution < 1.29 is 43.9 Å². The Morgan fingerprint density at radius 3 is 1.64 bits per heavy atom. The molecule has 1 aliphatic heterocycles. The van der Waals surface area contributed by atoms with E-state index >= 15 is 17.6 Å². The fourth-order valence-corrected chi connectivity index (χ4v) is 6.24. The van der Waals surface area contributed by atoms with E-state index in [1.807, 2.05) is 50.8 Å². The first kappa shape index (κ1) is 31.5. The van der Waals surface area contributed by atoms with Crippen molar-refractivity contribution in [3.05, 3.63) is 117 Å². The second-order valence-electron chi connectivity index (χ2n) is 11.7. The standard InChI is InChI=1S/C32H24BF10N/c1-14-9-10-17-15(2)12-32(3,4)44(19(17)11-14)13-16-7-5-6-8-18(16)33(20-22(34)26(38)30(42)27(39)23(20)35)21-24(36)28(40)31(43)29(41)25(21)37/h5-11,15H,12-13H2,1-4H3/t15-/m0/s1. The third-order valence-electron chi connectivity index (χ3n) is 8.30. The van der Waals surface area contributed by atoms with Crippen LogP contribution in [-0.2, 0) is 6.54 Å². The van der Waals surface area contributed by atoms with Gasteiger partial charge >= 0.3 is 0 Å². The first-order chi connectivity index (χ1) is 20.6. The van der Waals surface area contributed by atoms with E-state index in [4.69, 9.17) is 0 Å². The van der Waals surface area contributed by atoms with E-state index in [0.717, 1.165) is 22.9 Å². The van der Waals surface area contributed by atoms with Crippen molar-refractivity contribution in [3.8, 4) is 0 Å². The smallest absolute Gasteiger partial charge is 0.257 e. The van der Waals surface area contributed by atoms with E-state index in [0.29, 0.717) is 6.42 Å². The molecule has 0 radical (unpaired) electrons. The summed E-state index contributed by atoms with van der Waals surface area (Å²) >= 11 is 0. The quantitative estimate of drug-likeness (QED) is 0.0985. The maximum absolute atomic E-state index is 15.3. The van der Waals surface area contributed by atoms with Gasteiger partial charge in [0.25, 0.3) is 6.71 Å². The topological polar surface area (TPSA) is 3.24 Å². The van der Waals surface area contributed by atoms with Crippen molar-refractivity contribution in [1.82, 2.24) is 0 Å². The summed E-state index contributed by atoms with van der Waals surface area (Å²) < 4.78 is 147. The van der Waals surface area contributed by atoms with Crippen molar-refractivity contribution in [3.63, 3.8) is 0 Å². The van der Waals surface area contributed by atoms with E-state index in [1.54, 1.807) is 0 Å². The number of hydrogen-bond acceptors (Lipinski definition) is 1. The Kier molecular flexibility index (Phi) is 8.01. The lowest BCUT2D eigenvalue weighted by molar-refractivity contribution is 0.374. The molecule has 0 saturated carbocycles. The summed E-state index contributed by atoms with van der Waals surface area (Å²) in [5.74, 6) is -24.7. The second kappa shape index (κ2) is 11.2. The molecular weight excluding hydrogens is 599 g/mol. The zero-order chi connectivity index (χ0) is 32.4. The molecule has 1 nitrogen and oxygen atoms in total. The van der Waals surface area contributed by atoms with Gasteiger partial charge in [0.05, 0.1) is 0 Å². The van der Waals surface area contributed by atoms with Crippen molar-refractivity contribution in [1.29, 1.82) is 0 Å². The SMILES string of the molecule is Cc1ccc2c(c1)N(Cc1ccccc1B(c1c(F)c(F)c(F)c(F)c1F)c1c(F)c(F)c(F)c(F)c1F)C(C)(C)C[C@@H]2C. The normalized spacial score (nSPS) is 15.9. The van der Waals surface area contributed by atoms with Crippen LogP contribution < -0.4 is 21.3 Å². The van der Waals surface area contributed by atoms with Crippen LogP contribution in [0, 0.1) is 65.1 Å². The van der Waals surface area contributed by atoms with Crippen LogP contribution in [0.5, 0.6) is 0 Å². The highest BCUT2D eigenvalue weighted by Gasteiger charge is 2.43. The van der Waals surface area contributed by atoms with E-state index in [1.165, 1.54) is 18.2 Å². The zero-order valence-electron chi connectivity index (χ0n) is 23.8. The van der Waals surface area contributed by atoms with Crippen molar-refractivity contribution in [2.24, 2.45) is 0 Å². The predicted octanol–water partition coefficient (Wildman–Crippen LogP) is 7.19. The highest BCUT2D eigenvalue weighted by atomic mass is 19.2. The minimum atomic E-state index is -2.63. The summed E-state index contributed by atoms with van der Waals surface area (Å²) in [6.45, 7) is 4.98. The molecule has 4 aromatic carbocycles. The number of aryl methyl sites for hydroxylation is 1. The van der Waals surface area contributed by atoms with E-state index in [-0.39, 0.29) is 18.0 Å². The monoisotopic (exact) mass is 623 g/mol. The van der Waals surface area contributed by atoms with Crippen LogP contribution in [-0.4, -0.2) is 12.3 Å². The number of fused-ring (bicyclic) bond motifs is 1. The van der Waals surface area contributed by atoms with E-state index in [2.05, 4.69) is 0 Å². The first-order valence-corrected chi connectivity index (χ1v) is 13.6. The van der Waals surface area contributed by atoms with Crippen LogP contribution in [0.1, 0.15) is 49.8 Å². The van der Waals surface area contributed by atoms with Crippen LogP contribution >= 0.6 is 0 Å². The number of nitrogens with zero attached hydrogens (tertiary/aromatic N) is 1. The van der Waals surface area contributed by atoms with E-state index in [9.17, 15) is 26.3 Å². The van der Waals surface area contributed by atoms with Gasteiger partial charge in [-0.15, -0.1) is 0 Å². The molecule has 0 bridgehead atoms. The molecule has 0 fully saturated rings. The summed E-state index contributed by atoms with van der Waals surface area (Å²) in [6.07, 6.45) is 0.629. The van der Waals surface area contributed by atoms with Gasteiger partial charge in [0.15, 0.2) is 58.2 Å². The maximum atomic E-state index is 15.3. The Morgan fingerprint density at radius 1 is 0.682 bits per heavy atom. The molecule has 44 heavy (non-hydrogen) atoms. The molecule has 0 amide bonds. The lowest BCUT2D eigenvalue weighted by Crippen LogP contribution is -2.59. The Bertz CT molecular complexity index is 1680. The van der Waals surface area contributed by atoms with Crippen molar-refractivity contribution >= 4 is 28.8 Å². The first-order valence-electron chi connectivity index (χ1n) is 13.6. The van der Waals surface area contributed by atoms with Crippen LogP contribution in [0.4, 0.5) is 49.6 Å².